The molecule has 1 aliphatic carbocycles. The van der Waals surface area contributed by atoms with Gasteiger partial charge in [-0.1, -0.05) is 18.9 Å². The van der Waals surface area contributed by atoms with Crippen molar-refractivity contribution in [2.45, 2.75) is 50.7 Å². The van der Waals surface area contributed by atoms with Crippen LogP contribution in [0.1, 0.15) is 59.8 Å². The second kappa shape index (κ2) is 12.5. The molecule has 0 radical (unpaired) electrons. The molecule has 0 spiro atoms. The first-order chi connectivity index (χ1) is 19.7. The van der Waals surface area contributed by atoms with Crippen LogP contribution in [0.2, 0.25) is 0 Å². The highest BCUT2D eigenvalue weighted by Crippen LogP contribution is 2.38. The number of nitrogens with zero attached hydrogens (tertiary/aromatic N) is 2. The van der Waals surface area contributed by atoms with Crippen molar-refractivity contribution in [1.82, 2.24) is 20.4 Å². The third-order valence-electron chi connectivity index (χ3n) is 8.41. The number of aromatic nitrogens is 2. The largest absolute Gasteiger partial charge is 0.490 e. The van der Waals surface area contributed by atoms with Gasteiger partial charge in [0.15, 0.2) is 0 Å². The highest BCUT2D eigenvalue weighted by Gasteiger charge is 2.29. The number of ether oxygens (including phenoxy) is 2. The molecular weight excluding hydrogens is 520 g/mol. The molecule has 1 saturated carbocycles. The lowest BCUT2D eigenvalue weighted by Gasteiger charge is -2.31. The summed E-state index contributed by atoms with van der Waals surface area (Å²) in [4.78, 5) is 17.1. The molecule has 40 heavy (non-hydrogen) atoms. The third-order valence-corrected chi connectivity index (χ3v) is 9.36. The Morgan fingerprint density at radius 2 is 1.90 bits per heavy atom. The summed E-state index contributed by atoms with van der Waals surface area (Å²) >= 11 is 1.73. The summed E-state index contributed by atoms with van der Waals surface area (Å²) < 4.78 is 11.5. The number of H-pyrrole nitrogens is 1. The van der Waals surface area contributed by atoms with Crippen LogP contribution in [0, 0.1) is 5.92 Å². The van der Waals surface area contributed by atoms with E-state index >= 15 is 0 Å². The van der Waals surface area contributed by atoms with Crippen LogP contribution in [0.3, 0.4) is 0 Å². The van der Waals surface area contributed by atoms with Crippen molar-refractivity contribution in [3.05, 3.63) is 70.4 Å². The zero-order valence-electron chi connectivity index (χ0n) is 23.1. The molecule has 8 heteroatoms. The van der Waals surface area contributed by atoms with Gasteiger partial charge in [-0.3, -0.25) is 9.89 Å². The lowest BCUT2D eigenvalue weighted by Crippen LogP contribution is -2.39. The summed E-state index contributed by atoms with van der Waals surface area (Å²) in [6, 6.07) is 18.2. The molecule has 1 amide bonds. The monoisotopic (exact) mass is 558 g/mol. The zero-order chi connectivity index (χ0) is 27.3. The highest BCUT2D eigenvalue weighted by molar-refractivity contribution is 7.10. The van der Waals surface area contributed by atoms with Gasteiger partial charge in [-0.15, -0.1) is 11.3 Å². The van der Waals surface area contributed by atoms with Crippen LogP contribution in [-0.2, 0) is 4.74 Å². The number of piperidine rings is 1. The van der Waals surface area contributed by atoms with Crippen molar-refractivity contribution < 1.29 is 14.3 Å². The third kappa shape index (κ3) is 6.09. The molecule has 3 heterocycles. The Labute approximate surface area is 239 Å². The van der Waals surface area contributed by atoms with Crippen molar-refractivity contribution in [2.24, 2.45) is 5.92 Å². The normalized spacial score (nSPS) is 17.8. The van der Waals surface area contributed by atoms with E-state index in [-0.39, 0.29) is 18.1 Å². The number of carbonyl (C=O) groups is 1. The molecule has 2 aromatic carbocycles. The molecular formula is C32H38N4O3S. The van der Waals surface area contributed by atoms with E-state index in [1.807, 2.05) is 30.3 Å². The fraction of sp³-hybridized carbons (Fsp3) is 0.438. The Balaban J connectivity index is 1.14. The number of likely N-dealkylation sites (tertiary alicyclic amines) is 1. The van der Waals surface area contributed by atoms with Gasteiger partial charge >= 0.3 is 0 Å². The average Bonchev–Trinajstić information content (AvgIpc) is 3.78. The molecule has 2 N–H and O–H groups in total. The van der Waals surface area contributed by atoms with Crippen molar-refractivity contribution in [3.8, 4) is 17.0 Å². The first-order valence-electron chi connectivity index (χ1n) is 14.5. The Kier molecular flexibility index (Phi) is 8.46. The number of fused-ring (bicyclic) bond motifs is 1. The number of amides is 1. The summed E-state index contributed by atoms with van der Waals surface area (Å²) in [5, 5.41) is 14.1. The molecule has 2 fully saturated rings. The first-order valence-corrected chi connectivity index (χ1v) is 15.4. The first kappa shape index (κ1) is 27.0. The van der Waals surface area contributed by atoms with Crippen LogP contribution in [0.5, 0.6) is 5.75 Å². The average molecular weight is 559 g/mol. The van der Waals surface area contributed by atoms with Gasteiger partial charge in [0, 0.05) is 48.1 Å². The number of benzene rings is 2. The molecule has 1 saturated heterocycles. The van der Waals surface area contributed by atoms with E-state index < -0.39 is 0 Å². The quantitative estimate of drug-likeness (QED) is 0.234. The number of hydrogen-bond donors (Lipinski definition) is 2. The van der Waals surface area contributed by atoms with Crippen molar-refractivity contribution in [3.63, 3.8) is 0 Å². The predicted octanol–water partition coefficient (Wildman–Crippen LogP) is 6.44. The number of rotatable bonds is 10. The predicted molar refractivity (Wildman–Crippen MR) is 160 cm³/mol. The summed E-state index contributed by atoms with van der Waals surface area (Å²) in [6.45, 7) is 3.83. The van der Waals surface area contributed by atoms with E-state index in [1.165, 1.54) is 30.6 Å². The molecule has 0 unspecified atom stereocenters. The maximum Gasteiger partial charge on any atom is 0.251 e. The van der Waals surface area contributed by atoms with Crippen LogP contribution >= 0.6 is 11.3 Å². The van der Waals surface area contributed by atoms with Gasteiger partial charge < -0.3 is 19.7 Å². The minimum Gasteiger partial charge on any atom is -0.490 e. The lowest BCUT2D eigenvalue weighted by molar-refractivity contribution is 0.0797. The van der Waals surface area contributed by atoms with Crippen LogP contribution in [0.15, 0.2) is 60.0 Å². The maximum atomic E-state index is 13.5. The van der Waals surface area contributed by atoms with Gasteiger partial charge in [0.1, 0.15) is 11.9 Å². The SMILES string of the molecule is COCCN1CCC(Oc2ccc(-c3n[nH]c4ccc(C(=O)N[C@H](c5cccs5)C5CCCC5)cc34)cc2)CC1. The second-order valence-electron chi connectivity index (χ2n) is 11.0. The van der Waals surface area contributed by atoms with Crippen LogP contribution < -0.4 is 10.1 Å². The number of methoxy groups -OCH3 is 1. The van der Waals surface area contributed by atoms with Gasteiger partial charge in [0.2, 0.25) is 0 Å². The Morgan fingerprint density at radius 1 is 1.10 bits per heavy atom. The van der Waals surface area contributed by atoms with Gasteiger partial charge in [0.25, 0.3) is 5.91 Å². The fourth-order valence-electron chi connectivity index (χ4n) is 6.14. The van der Waals surface area contributed by atoms with Crippen LogP contribution in [-0.4, -0.2) is 60.5 Å². The minimum absolute atomic E-state index is 0.0311. The van der Waals surface area contributed by atoms with E-state index in [0.717, 1.165) is 67.0 Å². The second-order valence-corrected chi connectivity index (χ2v) is 12.0. The Bertz CT molecular complexity index is 1390. The van der Waals surface area contributed by atoms with Crippen LogP contribution in [0.25, 0.3) is 22.2 Å². The van der Waals surface area contributed by atoms with E-state index in [9.17, 15) is 4.79 Å². The molecule has 1 atom stereocenters. The summed E-state index contributed by atoms with van der Waals surface area (Å²) in [5.74, 6) is 1.35. The molecule has 1 aliphatic heterocycles. The summed E-state index contributed by atoms with van der Waals surface area (Å²) in [6.07, 6.45) is 7.10. The highest BCUT2D eigenvalue weighted by atomic mass is 32.1. The van der Waals surface area contributed by atoms with Crippen LogP contribution in [0.4, 0.5) is 0 Å². The molecule has 6 rings (SSSR count). The number of aromatic amines is 1. The summed E-state index contributed by atoms with van der Waals surface area (Å²) in [7, 11) is 1.75. The van der Waals surface area contributed by atoms with E-state index in [0.29, 0.717) is 11.5 Å². The number of nitrogens with one attached hydrogen (secondary N) is 2. The van der Waals surface area contributed by atoms with E-state index in [4.69, 9.17) is 9.47 Å². The van der Waals surface area contributed by atoms with Gasteiger partial charge in [-0.25, -0.2) is 0 Å². The van der Waals surface area contributed by atoms with Crippen molar-refractivity contribution in [2.75, 3.05) is 33.4 Å². The van der Waals surface area contributed by atoms with Gasteiger partial charge in [-0.2, -0.15) is 5.10 Å². The maximum absolute atomic E-state index is 13.5. The smallest absolute Gasteiger partial charge is 0.251 e. The van der Waals surface area contributed by atoms with E-state index in [1.54, 1.807) is 18.4 Å². The zero-order valence-corrected chi connectivity index (χ0v) is 23.9. The molecule has 2 aliphatic rings. The number of thiophene rings is 1. The molecule has 4 aromatic rings. The molecule has 2 aromatic heterocycles. The van der Waals surface area contributed by atoms with Gasteiger partial charge in [0.05, 0.1) is 23.9 Å². The molecule has 7 nitrogen and oxygen atoms in total. The Hall–Kier alpha value is -3.20. The minimum atomic E-state index is -0.0311. The Morgan fingerprint density at radius 3 is 2.62 bits per heavy atom. The lowest BCUT2D eigenvalue weighted by atomic mass is 9.96. The van der Waals surface area contributed by atoms with Gasteiger partial charge in [-0.05, 0) is 85.5 Å². The summed E-state index contributed by atoms with van der Waals surface area (Å²) in [5.41, 5.74) is 3.41. The van der Waals surface area contributed by atoms with Crippen molar-refractivity contribution >= 4 is 28.1 Å². The standard InChI is InChI=1S/C32H38N4O3S/c1-38-19-18-36-16-14-26(15-17-36)39-25-11-8-23(9-12-25)30-27-21-24(10-13-28(27)34-35-30)32(37)33-31(22-5-2-3-6-22)29-7-4-20-40-29/h4,7-13,20-22,26,31H,2-3,5-6,14-19H2,1H3,(H,33,37)(H,34,35)/t31-/m0/s1. The van der Waals surface area contributed by atoms with Crippen molar-refractivity contribution in [1.29, 1.82) is 0 Å². The number of hydrogen-bond acceptors (Lipinski definition) is 6. The molecule has 0 bridgehead atoms. The van der Waals surface area contributed by atoms with E-state index in [2.05, 4.69) is 50.1 Å². The molecule has 210 valence electrons. The topological polar surface area (TPSA) is 79.5 Å². The number of carbonyl (C=O) groups excluding carboxylic acids is 1. The fourth-order valence-corrected chi connectivity index (χ4v) is 7.00.